The minimum Gasteiger partial charge on any atom is -0.335 e. The first-order valence-corrected chi connectivity index (χ1v) is 9.15. The maximum Gasteiger partial charge on any atom is 0.253 e. The molecule has 4 heteroatoms. The van der Waals surface area contributed by atoms with Crippen LogP contribution in [0.3, 0.4) is 0 Å². The summed E-state index contributed by atoms with van der Waals surface area (Å²) >= 11 is 1.88. The summed E-state index contributed by atoms with van der Waals surface area (Å²) in [5.74, 6) is 0.182. The van der Waals surface area contributed by atoms with E-state index in [9.17, 15) is 4.79 Å². The largest absolute Gasteiger partial charge is 0.335 e. The Morgan fingerprint density at radius 2 is 1.91 bits per heavy atom. The van der Waals surface area contributed by atoms with E-state index >= 15 is 0 Å². The van der Waals surface area contributed by atoms with Gasteiger partial charge in [-0.1, -0.05) is 17.2 Å². The highest BCUT2D eigenvalue weighted by atomic mass is 32.1. The summed E-state index contributed by atoms with van der Waals surface area (Å²) in [5, 5.41) is 2.20. The Balaban J connectivity index is 1.39. The smallest absolute Gasteiger partial charge is 0.253 e. The quantitative estimate of drug-likeness (QED) is 0.846. The van der Waals surface area contributed by atoms with Crippen LogP contribution in [-0.2, 0) is 13.0 Å². The maximum absolute atomic E-state index is 12.6. The maximum atomic E-state index is 12.6. The molecule has 1 saturated heterocycles. The van der Waals surface area contributed by atoms with Gasteiger partial charge in [-0.05, 0) is 49.4 Å². The van der Waals surface area contributed by atoms with Crippen LogP contribution in [0.5, 0.6) is 0 Å². The number of benzene rings is 1. The molecule has 0 spiro atoms. The number of carbonyl (C=O) groups excluding carboxylic acids is 1. The normalized spacial score (nSPS) is 18.6. The van der Waals surface area contributed by atoms with Gasteiger partial charge in [0.25, 0.3) is 5.91 Å². The lowest BCUT2D eigenvalue weighted by Gasteiger charge is -2.46. The molecule has 0 radical (unpaired) electrons. The second-order valence-corrected chi connectivity index (χ2v) is 7.83. The summed E-state index contributed by atoms with van der Waals surface area (Å²) in [6.07, 6.45) is 1.16. The minimum atomic E-state index is 0.182. The van der Waals surface area contributed by atoms with Gasteiger partial charge in [0.15, 0.2) is 0 Å². The second-order valence-electron chi connectivity index (χ2n) is 6.83. The predicted octanol–water partition coefficient (Wildman–Crippen LogP) is 3.25. The molecule has 3 heterocycles. The fourth-order valence-electron chi connectivity index (χ4n) is 3.71. The van der Waals surface area contributed by atoms with Crippen LogP contribution in [-0.4, -0.2) is 41.4 Å². The molecule has 3 nitrogen and oxygen atoms in total. The first-order valence-electron chi connectivity index (χ1n) is 8.27. The van der Waals surface area contributed by atoms with Crippen LogP contribution in [0, 0.1) is 13.8 Å². The molecule has 2 aliphatic rings. The molecule has 4 rings (SSSR count). The third kappa shape index (κ3) is 2.81. The van der Waals surface area contributed by atoms with Gasteiger partial charge in [-0.15, -0.1) is 11.3 Å². The first kappa shape index (κ1) is 14.9. The molecule has 2 aliphatic heterocycles. The zero-order chi connectivity index (χ0) is 16.0. The van der Waals surface area contributed by atoms with Crippen molar-refractivity contribution in [1.29, 1.82) is 0 Å². The van der Waals surface area contributed by atoms with Crippen LogP contribution < -0.4 is 0 Å². The standard InChI is InChI=1S/C19H22N2OS/c1-13-7-14(2)9-16(8-13)19(22)21-11-17(12-21)20-5-3-18-15(10-20)4-6-23-18/h4,6-9,17H,3,5,10-12H2,1-2H3. The van der Waals surface area contributed by atoms with Crippen LogP contribution in [0.2, 0.25) is 0 Å². The first-order chi connectivity index (χ1) is 11.1. The molecule has 0 N–H and O–H groups in total. The highest BCUT2D eigenvalue weighted by Crippen LogP contribution is 2.28. The van der Waals surface area contributed by atoms with Crippen LogP contribution in [0.4, 0.5) is 0 Å². The number of likely N-dealkylation sites (tertiary alicyclic amines) is 1. The Hall–Kier alpha value is -1.65. The van der Waals surface area contributed by atoms with Gasteiger partial charge in [-0.2, -0.15) is 0 Å². The van der Waals surface area contributed by atoms with E-state index in [0.29, 0.717) is 6.04 Å². The van der Waals surface area contributed by atoms with Crippen LogP contribution in [0.15, 0.2) is 29.6 Å². The van der Waals surface area contributed by atoms with E-state index in [1.54, 1.807) is 4.88 Å². The van der Waals surface area contributed by atoms with E-state index in [1.807, 2.05) is 28.4 Å². The molecule has 1 amide bonds. The summed E-state index contributed by atoms with van der Waals surface area (Å²) in [5.41, 5.74) is 4.64. The zero-order valence-electron chi connectivity index (χ0n) is 13.7. The molecule has 1 aromatic carbocycles. The van der Waals surface area contributed by atoms with E-state index < -0.39 is 0 Å². The predicted molar refractivity (Wildman–Crippen MR) is 94.0 cm³/mol. The molecular weight excluding hydrogens is 304 g/mol. The van der Waals surface area contributed by atoms with Gasteiger partial charge in [-0.3, -0.25) is 9.69 Å². The lowest BCUT2D eigenvalue weighted by atomic mass is 10.00. The Bertz CT molecular complexity index is 725. The van der Waals surface area contributed by atoms with Crippen LogP contribution in [0.25, 0.3) is 0 Å². The summed E-state index contributed by atoms with van der Waals surface area (Å²) in [7, 11) is 0. The van der Waals surface area contributed by atoms with Crippen molar-refractivity contribution in [1.82, 2.24) is 9.80 Å². The Morgan fingerprint density at radius 3 is 2.65 bits per heavy atom. The van der Waals surface area contributed by atoms with Crippen molar-refractivity contribution < 1.29 is 4.79 Å². The Labute approximate surface area is 141 Å². The van der Waals surface area contributed by atoms with E-state index in [2.05, 4.69) is 36.3 Å². The number of rotatable bonds is 2. The monoisotopic (exact) mass is 326 g/mol. The number of amides is 1. The molecule has 2 aromatic rings. The number of carbonyl (C=O) groups is 1. The fourth-order valence-corrected chi connectivity index (χ4v) is 4.60. The third-order valence-electron chi connectivity index (χ3n) is 4.97. The van der Waals surface area contributed by atoms with Crippen molar-refractivity contribution in [3.05, 3.63) is 56.8 Å². The van der Waals surface area contributed by atoms with Gasteiger partial charge in [0, 0.05) is 42.7 Å². The lowest BCUT2D eigenvalue weighted by molar-refractivity contribution is 0.0220. The van der Waals surface area contributed by atoms with E-state index in [4.69, 9.17) is 0 Å². The van der Waals surface area contributed by atoms with E-state index in [1.165, 1.54) is 5.56 Å². The van der Waals surface area contributed by atoms with Crippen LogP contribution in [0.1, 0.15) is 31.9 Å². The van der Waals surface area contributed by atoms with Crippen molar-refractivity contribution in [2.75, 3.05) is 19.6 Å². The Morgan fingerprint density at radius 1 is 1.17 bits per heavy atom. The SMILES string of the molecule is Cc1cc(C)cc(C(=O)N2CC(N3CCc4sccc4C3)C2)c1. The molecule has 0 atom stereocenters. The highest BCUT2D eigenvalue weighted by Gasteiger charge is 2.36. The van der Waals surface area contributed by atoms with Crippen molar-refractivity contribution >= 4 is 17.2 Å². The number of fused-ring (bicyclic) bond motifs is 1. The van der Waals surface area contributed by atoms with Crippen molar-refractivity contribution in [3.63, 3.8) is 0 Å². The van der Waals surface area contributed by atoms with Gasteiger partial charge >= 0.3 is 0 Å². The number of thiophene rings is 1. The molecule has 120 valence electrons. The minimum absolute atomic E-state index is 0.182. The van der Waals surface area contributed by atoms with Gasteiger partial charge in [0.2, 0.25) is 0 Å². The topological polar surface area (TPSA) is 23.6 Å². The summed E-state index contributed by atoms with van der Waals surface area (Å²) in [6.45, 7) is 8.01. The molecule has 23 heavy (non-hydrogen) atoms. The van der Waals surface area contributed by atoms with Crippen LogP contribution >= 0.6 is 11.3 Å². The molecule has 0 saturated carbocycles. The van der Waals surface area contributed by atoms with Crippen molar-refractivity contribution in [2.45, 2.75) is 32.9 Å². The molecule has 1 aromatic heterocycles. The summed E-state index contributed by atoms with van der Waals surface area (Å²) in [6, 6.07) is 8.89. The highest BCUT2D eigenvalue weighted by molar-refractivity contribution is 7.10. The molecule has 0 aliphatic carbocycles. The van der Waals surface area contributed by atoms with Gasteiger partial charge in [0.1, 0.15) is 0 Å². The number of hydrogen-bond acceptors (Lipinski definition) is 3. The molecule has 0 bridgehead atoms. The molecule has 0 unspecified atom stereocenters. The molecular formula is C19H22N2OS. The number of nitrogens with zero attached hydrogens (tertiary/aromatic N) is 2. The summed E-state index contributed by atoms with van der Waals surface area (Å²) < 4.78 is 0. The fraction of sp³-hybridized carbons (Fsp3) is 0.421. The third-order valence-corrected chi connectivity index (χ3v) is 5.99. The average Bonchev–Trinajstić information content (AvgIpc) is 2.92. The number of aryl methyl sites for hydroxylation is 2. The zero-order valence-corrected chi connectivity index (χ0v) is 14.5. The van der Waals surface area contributed by atoms with E-state index in [0.717, 1.165) is 49.3 Å². The number of hydrogen-bond donors (Lipinski definition) is 0. The van der Waals surface area contributed by atoms with Gasteiger partial charge < -0.3 is 4.90 Å². The lowest BCUT2D eigenvalue weighted by Crippen LogP contribution is -2.61. The van der Waals surface area contributed by atoms with Gasteiger partial charge in [0.05, 0.1) is 0 Å². The average molecular weight is 326 g/mol. The Kier molecular flexibility index (Phi) is 3.74. The summed E-state index contributed by atoms with van der Waals surface area (Å²) in [4.78, 5) is 18.7. The molecule has 1 fully saturated rings. The van der Waals surface area contributed by atoms with Crippen molar-refractivity contribution in [3.8, 4) is 0 Å². The van der Waals surface area contributed by atoms with Gasteiger partial charge in [-0.25, -0.2) is 0 Å². The van der Waals surface area contributed by atoms with E-state index in [-0.39, 0.29) is 5.91 Å². The second kappa shape index (κ2) is 5.77. The van der Waals surface area contributed by atoms with Crippen molar-refractivity contribution in [2.24, 2.45) is 0 Å².